The minimum Gasteiger partial charge on any atom is -0.356 e. The summed E-state index contributed by atoms with van der Waals surface area (Å²) in [5.41, 5.74) is 0.0858. The number of nitrogens with one attached hydrogen (secondary N) is 1. The third-order valence-electron chi connectivity index (χ3n) is 5.41. The van der Waals surface area contributed by atoms with Crippen LogP contribution >= 0.6 is 0 Å². The van der Waals surface area contributed by atoms with E-state index < -0.39 is 11.7 Å². The van der Waals surface area contributed by atoms with E-state index in [1.807, 2.05) is 0 Å². The molecule has 2 aliphatic rings. The Morgan fingerprint density at radius 3 is 2.24 bits per heavy atom. The molecule has 0 saturated heterocycles. The van der Waals surface area contributed by atoms with Gasteiger partial charge >= 0.3 is 6.18 Å². The fraction of sp³-hybridized carbons (Fsp3) is 0.579. The summed E-state index contributed by atoms with van der Waals surface area (Å²) in [4.78, 5) is 24.4. The topological polar surface area (TPSA) is 46.2 Å². The van der Waals surface area contributed by atoms with Crippen molar-refractivity contribution >= 4 is 11.7 Å². The molecule has 0 unspecified atom stereocenters. The van der Waals surface area contributed by atoms with Crippen molar-refractivity contribution < 1.29 is 22.8 Å². The van der Waals surface area contributed by atoms with Gasteiger partial charge in [0.05, 0.1) is 5.56 Å². The highest BCUT2D eigenvalue weighted by molar-refractivity contribution is 5.88. The minimum absolute atomic E-state index is 0.0312. The summed E-state index contributed by atoms with van der Waals surface area (Å²) in [5, 5.41) is 2.88. The van der Waals surface area contributed by atoms with Crippen molar-refractivity contribution in [2.45, 2.75) is 44.7 Å². The molecular weight excluding hydrogens is 331 g/mol. The van der Waals surface area contributed by atoms with E-state index in [2.05, 4.69) is 5.32 Å². The summed E-state index contributed by atoms with van der Waals surface area (Å²) in [6, 6.07) is 5.01. The lowest BCUT2D eigenvalue weighted by molar-refractivity contribution is -0.138. The van der Waals surface area contributed by atoms with E-state index in [4.69, 9.17) is 0 Å². The van der Waals surface area contributed by atoms with Gasteiger partial charge in [0, 0.05) is 24.3 Å². The second-order valence-corrected chi connectivity index (χ2v) is 7.13. The molecule has 2 atom stereocenters. The molecule has 1 aromatic rings. The SMILES string of the molecule is O=C(NCCc1ccc(C(F)(F)F)cc1)C1C[C@H]2CCC[C@H](C1)C2=O. The molecule has 2 aliphatic carbocycles. The zero-order valence-corrected chi connectivity index (χ0v) is 13.9. The van der Waals surface area contributed by atoms with Crippen LogP contribution in [0.15, 0.2) is 24.3 Å². The normalized spacial score (nSPS) is 26.4. The number of hydrogen-bond acceptors (Lipinski definition) is 2. The molecule has 25 heavy (non-hydrogen) atoms. The van der Waals surface area contributed by atoms with E-state index in [9.17, 15) is 22.8 Å². The molecule has 6 heteroatoms. The number of ketones is 1. The number of carbonyl (C=O) groups is 2. The molecule has 0 spiro atoms. The Morgan fingerprint density at radius 1 is 1.08 bits per heavy atom. The van der Waals surface area contributed by atoms with Crippen LogP contribution in [0, 0.1) is 17.8 Å². The number of carbonyl (C=O) groups excluding carboxylic acids is 2. The van der Waals surface area contributed by atoms with Gasteiger partial charge in [-0.25, -0.2) is 0 Å². The zero-order chi connectivity index (χ0) is 18.0. The van der Waals surface area contributed by atoms with Crippen LogP contribution in [0.3, 0.4) is 0 Å². The average molecular weight is 353 g/mol. The first-order chi connectivity index (χ1) is 11.8. The van der Waals surface area contributed by atoms with E-state index in [0.717, 1.165) is 37.0 Å². The van der Waals surface area contributed by atoms with Crippen LogP contribution in [0.25, 0.3) is 0 Å². The van der Waals surface area contributed by atoms with E-state index in [1.54, 1.807) is 0 Å². The third kappa shape index (κ3) is 4.22. The van der Waals surface area contributed by atoms with Gasteiger partial charge in [-0.05, 0) is 49.8 Å². The molecule has 1 N–H and O–H groups in total. The Hall–Kier alpha value is -1.85. The quantitative estimate of drug-likeness (QED) is 0.896. The number of Topliss-reactive ketones (excluding diaryl/α,β-unsaturated/α-hetero) is 1. The summed E-state index contributed by atoms with van der Waals surface area (Å²) >= 11 is 0. The Morgan fingerprint density at radius 2 is 1.68 bits per heavy atom. The van der Waals surface area contributed by atoms with Crippen LogP contribution in [-0.4, -0.2) is 18.2 Å². The van der Waals surface area contributed by atoms with Gasteiger partial charge < -0.3 is 5.32 Å². The van der Waals surface area contributed by atoms with Crippen molar-refractivity contribution in [3.8, 4) is 0 Å². The van der Waals surface area contributed by atoms with Crippen LogP contribution < -0.4 is 5.32 Å². The van der Waals surface area contributed by atoms with Gasteiger partial charge in [-0.1, -0.05) is 18.6 Å². The van der Waals surface area contributed by atoms with Crippen LogP contribution in [0.2, 0.25) is 0 Å². The van der Waals surface area contributed by atoms with Crippen LogP contribution in [0.5, 0.6) is 0 Å². The molecular formula is C19H22F3NO2. The van der Waals surface area contributed by atoms with Crippen molar-refractivity contribution in [1.82, 2.24) is 5.32 Å². The standard InChI is InChI=1S/C19H22F3NO2/c20-19(21,22)16-6-4-12(5-7-16)8-9-23-18(25)15-10-13-2-1-3-14(11-15)17(13)24/h4-7,13-15H,1-3,8-11H2,(H,23,25)/t13-,14-/m1/s1. The van der Waals surface area contributed by atoms with Crippen molar-refractivity contribution in [3.05, 3.63) is 35.4 Å². The highest BCUT2D eigenvalue weighted by Gasteiger charge is 2.41. The van der Waals surface area contributed by atoms with Crippen molar-refractivity contribution in [2.75, 3.05) is 6.54 Å². The Balaban J connectivity index is 1.47. The molecule has 1 amide bonds. The second kappa shape index (κ2) is 7.18. The monoisotopic (exact) mass is 353 g/mol. The first-order valence-corrected chi connectivity index (χ1v) is 8.82. The lowest BCUT2D eigenvalue weighted by Gasteiger charge is -2.36. The molecule has 2 bridgehead atoms. The molecule has 3 nitrogen and oxygen atoms in total. The number of amides is 1. The summed E-state index contributed by atoms with van der Waals surface area (Å²) in [5.74, 6) is 0.272. The fourth-order valence-corrected chi connectivity index (χ4v) is 4.03. The smallest absolute Gasteiger partial charge is 0.356 e. The Labute approximate surface area is 145 Å². The summed E-state index contributed by atoms with van der Waals surface area (Å²) in [6.07, 6.45) is 0.299. The number of alkyl halides is 3. The zero-order valence-electron chi connectivity index (χ0n) is 13.9. The highest BCUT2D eigenvalue weighted by Crippen LogP contribution is 2.40. The molecule has 0 radical (unpaired) electrons. The van der Waals surface area contributed by atoms with Crippen LogP contribution in [0.1, 0.15) is 43.2 Å². The molecule has 1 aromatic carbocycles. The summed E-state index contributed by atoms with van der Waals surface area (Å²) < 4.78 is 37.6. The second-order valence-electron chi connectivity index (χ2n) is 7.13. The Bertz CT molecular complexity index is 623. The number of fused-ring (bicyclic) bond motifs is 2. The fourth-order valence-electron chi connectivity index (χ4n) is 4.03. The molecule has 0 aliphatic heterocycles. The summed E-state index contributed by atoms with van der Waals surface area (Å²) in [7, 11) is 0. The van der Waals surface area contributed by atoms with Gasteiger partial charge in [-0.3, -0.25) is 9.59 Å². The molecule has 2 saturated carbocycles. The number of benzene rings is 1. The number of hydrogen-bond donors (Lipinski definition) is 1. The number of rotatable bonds is 4. The highest BCUT2D eigenvalue weighted by atomic mass is 19.4. The van der Waals surface area contributed by atoms with Gasteiger partial charge in [0.1, 0.15) is 5.78 Å². The van der Waals surface area contributed by atoms with Crippen LogP contribution in [0.4, 0.5) is 13.2 Å². The maximum absolute atomic E-state index is 12.5. The molecule has 0 heterocycles. The van der Waals surface area contributed by atoms with Gasteiger partial charge in [0.15, 0.2) is 0 Å². The van der Waals surface area contributed by atoms with E-state index >= 15 is 0 Å². The number of halogens is 3. The van der Waals surface area contributed by atoms with Gasteiger partial charge in [-0.2, -0.15) is 13.2 Å². The predicted molar refractivity (Wildman–Crippen MR) is 86.7 cm³/mol. The Kier molecular flexibility index (Phi) is 5.16. The van der Waals surface area contributed by atoms with Crippen LogP contribution in [-0.2, 0) is 22.2 Å². The van der Waals surface area contributed by atoms with E-state index in [0.29, 0.717) is 31.6 Å². The van der Waals surface area contributed by atoms with Gasteiger partial charge in [-0.15, -0.1) is 0 Å². The van der Waals surface area contributed by atoms with Gasteiger partial charge in [0.25, 0.3) is 0 Å². The first-order valence-electron chi connectivity index (χ1n) is 8.82. The third-order valence-corrected chi connectivity index (χ3v) is 5.41. The largest absolute Gasteiger partial charge is 0.416 e. The molecule has 0 aromatic heterocycles. The van der Waals surface area contributed by atoms with E-state index in [1.165, 1.54) is 12.1 Å². The lowest BCUT2D eigenvalue weighted by atomic mass is 9.67. The maximum Gasteiger partial charge on any atom is 0.416 e. The average Bonchev–Trinajstić information content (AvgIpc) is 2.54. The molecule has 2 fully saturated rings. The maximum atomic E-state index is 12.5. The van der Waals surface area contributed by atoms with E-state index in [-0.39, 0.29) is 23.7 Å². The van der Waals surface area contributed by atoms with Crippen molar-refractivity contribution in [1.29, 1.82) is 0 Å². The minimum atomic E-state index is -4.33. The summed E-state index contributed by atoms with van der Waals surface area (Å²) in [6.45, 7) is 0.393. The first kappa shape index (κ1) is 18.0. The lowest BCUT2D eigenvalue weighted by Crippen LogP contribution is -2.42. The van der Waals surface area contributed by atoms with Gasteiger partial charge in [0.2, 0.25) is 5.91 Å². The predicted octanol–water partition coefficient (Wildman–Crippen LogP) is 3.76. The molecule has 3 rings (SSSR count). The van der Waals surface area contributed by atoms with Crippen molar-refractivity contribution in [3.63, 3.8) is 0 Å². The molecule has 136 valence electrons. The van der Waals surface area contributed by atoms with Crippen molar-refractivity contribution in [2.24, 2.45) is 17.8 Å².